The van der Waals surface area contributed by atoms with Gasteiger partial charge in [0.05, 0.1) is 0 Å². The van der Waals surface area contributed by atoms with Crippen molar-refractivity contribution >= 4 is 27.5 Å². The van der Waals surface area contributed by atoms with E-state index < -0.39 is 15.7 Å². The molecule has 1 heterocycles. The molecule has 1 aromatic carbocycles. The molecular weight excluding hydrogens is 362 g/mol. The lowest BCUT2D eigenvalue weighted by Gasteiger charge is -2.09. The lowest BCUT2D eigenvalue weighted by Crippen LogP contribution is -2.14. The summed E-state index contributed by atoms with van der Waals surface area (Å²) in [5.74, 6) is -0.149. The highest BCUT2D eigenvalue weighted by molar-refractivity contribution is 7.98. The van der Waals surface area contributed by atoms with Crippen molar-refractivity contribution in [1.29, 1.82) is 0 Å². The number of rotatable bonds is 7. The number of aromatic nitrogens is 2. The van der Waals surface area contributed by atoms with Gasteiger partial charge in [-0.2, -0.15) is 4.98 Å². The van der Waals surface area contributed by atoms with Crippen molar-refractivity contribution < 1.29 is 17.9 Å². The Labute approximate surface area is 150 Å². The average Bonchev–Trinajstić information content (AvgIpc) is 2.53. The Kier molecular flexibility index (Phi) is 6.16. The zero-order valence-corrected chi connectivity index (χ0v) is 15.3. The maximum Gasteiger partial charge on any atom is 0.255 e. The maximum atomic E-state index is 11.5. The van der Waals surface area contributed by atoms with E-state index in [1.54, 1.807) is 30.5 Å². The first-order valence-corrected chi connectivity index (χ1v) is 10.3. The Morgan fingerprint density at radius 2 is 2.16 bits per heavy atom. The molecule has 132 valence electrons. The van der Waals surface area contributed by atoms with E-state index in [9.17, 15) is 13.2 Å². The fraction of sp³-hybridized carbons (Fsp3) is 0.188. The first-order chi connectivity index (χ1) is 11.8. The lowest BCUT2D eigenvalue weighted by molar-refractivity contribution is 0.0996. The quantitative estimate of drug-likeness (QED) is 0.579. The predicted molar refractivity (Wildman–Crippen MR) is 96.5 cm³/mol. The van der Waals surface area contributed by atoms with Crippen molar-refractivity contribution in [3.05, 3.63) is 53.1 Å². The highest BCUT2D eigenvalue weighted by Crippen LogP contribution is 2.25. The summed E-state index contributed by atoms with van der Waals surface area (Å²) in [5, 5.41) is 1.60. The van der Waals surface area contributed by atoms with Gasteiger partial charge in [0.25, 0.3) is 5.91 Å². The third-order valence-corrected chi connectivity index (χ3v) is 4.24. The van der Waals surface area contributed by atoms with Gasteiger partial charge in [0.1, 0.15) is 11.3 Å². The van der Waals surface area contributed by atoms with Gasteiger partial charge < -0.3 is 10.5 Å². The number of nitrogens with two attached hydrogens (primary N) is 1. The third kappa shape index (κ3) is 5.87. The number of thioether (sulfide) groups is 1. The number of hydrogen-bond acceptors (Lipinski definition) is 7. The standard InChI is InChI=1S/C16H17N3O4S2/c1-24-16-18-10-13(14(17)20)15(19-16)23-12-7-3-5-11(9-12)6-4-8-25(2,21)22/h3-5,7-10H,6H2,1-2H3,(H2,17,20)/b8-4+. The Hall–Kier alpha value is -2.39. The molecule has 1 aromatic heterocycles. The summed E-state index contributed by atoms with van der Waals surface area (Å²) < 4.78 is 27.9. The van der Waals surface area contributed by atoms with Gasteiger partial charge in [-0.05, 0) is 30.4 Å². The van der Waals surface area contributed by atoms with E-state index in [0.717, 1.165) is 17.2 Å². The highest BCUT2D eigenvalue weighted by Gasteiger charge is 2.14. The van der Waals surface area contributed by atoms with Gasteiger partial charge in [0, 0.05) is 17.9 Å². The van der Waals surface area contributed by atoms with Crippen molar-refractivity contribution in [3.63, 3.8) is 0 Å². The number of ether oxygens (including phenoxy) is 1. The molecule has 0 radical (unpaired) electrons. The molecule has 0 bridgehead atoms. The summed E-state index contributed by atoms with van der Waals surface area (Å²) >= 11 is 1.31. The number of nitrogens with zero attached hydrogens (tertiary/aromatic N) is 2. The SMILES string of the molecule is CSc1ncc(C(N)=O)c(Oc2cccc(C/C=C/S(C)(=O)=O)c2)n1. The van der Waals surface area contributed by atoms with Gasteiger partial charge in [-0.1, -0.05) is 30.0 Å². The van der Waals surface area contributed by atoms with Crippen LogP contribution in [-0.4, -0.2) is 36.8 Å². The second-order valence-electron chi connectivity index (χ2n) is 5.09. The monoisotopic (exact) mass is 379 g/mol. The molecule has 9 heteroatoms. The molecule has 0 unspecified atom stereocenters. The summed E-state index contributed by atoms with van der Waals surface area (Å²) in [6, 6.07) is 7.04. The number of hydrogen-bond donors (Lipinski definition) is 1. The van der Waals surface area contributed by atoms with Crippen molar-refractivity contribution in [3.8, 4) is 11.6 Å². The van der Waals surface area contributed by atoms with E-state index in [0.29, 0.717) is 17.3 Å². The Morgan fingerprint density at radius 3 is 2.80 bits per heavy atom. The van der Waals surface area contributed by atoms with Crippen LogP contribution in [0.3, 0.4) is 0 Å². The van der Waals surface area contributed by atoms with Crippen LogP contribution >= 0.6 is 11.8 Å². The minimum atomic E-state index is -3.16. The number of allylic oxidation sites excluding steroid dienone is 1. The zero-order chi connectivity index (χ0) is 18.4. The van der Waals surface area contributed by atoms with Crippen LogP contribution in [0.2, 0.25) is 0 Å². The molecule has 0 fully saturated rings. The number of primary amides is 1. The molecule has 2 rings (SSSR count). The minimum absolute atomic E-state index is 0.0793. The summed E-state index contributed by atoms with van der Waals surface area (Å²) in [6.45, 7) is 0. The van der Waals surface area contributed by atoms with Gasteiger partial charge in [0.15, 0.2) is 15.0 Å². The van der Waals surface area contributed by atoms with Gasteiger partial charge >= 0.3 is 0 Å². The van der Waals surface area contributed by atoms with Crippen LogP contribution in [0.4, 0.5) is 0 Å². The summed E-state index contributed by atoms with van der Waals surface area (Å²) in [4.78, 5) is 19.7. The van der Waals surface area contributed by atoms with Crippen LogP contribution in [0.5, 0.6) is 11.6 Å². The summed E-state index contributed by atoms with van der Waals surface area (Å²) in [7, 11) is -3.16. The Morgan fingerprint density at radius 1 is 1.40 bits per heavy atom. The topological polar surface area (TPSA) is 112 Å². The number of amides is 1. The van der Waals surface area contributed by atoms with Gasteiger partial charge in [-0.3, -0.25) is 4.79 Å². The zero-order valence-electron chi connectivity index (χ0n) is 13.7. The first kappa shape index (κ1) is 18.9. The van der Waals surface area contributed by atoms with Gasteiger partial charge in [0.2, 0.25) is 5.88 Å². The molecule has 1 amide bonds. The van der Waals surface area contributed by atoms with Gasteiger partial charge in [-0.25, -0.2) is 13.4 Å². The van der Waals surface area contributed by atoms with Crippen LogP contribution < -0.4 is 10.5 Å². The van der Waals surface area contributed by atoms with Crippen molar-refractivity contribution in [2.24, 2.45) is 5.73 Å². The van der Waals surface area contributed by atoms with E-state index >= 15 is 0 Å². The molecule has 0 aliphatic heterocycles. The molecule has 0 aliphatic carbocycles. The average molecular weight is 379 g/mol. The molecule has 0 atom stereocenters. The second-order valence-corrected chi connectivity index (χ2v) is 7.80. The third-order valence-electron chi connectivity index (χ3n) is 2.99. The van der Waals surface area contributed by atoms with E-state index in [2.05, 4.69) is 9.97 Å². The maximum absolute atomic E-state index is 11.5. The van der Waals surface area contributed by atoms with Crippen molar-refractivity contribution in [2.45, 2.75) is 11.6 Å². The number of carbonyl (C=O) groups is 1. The molecule has 0 saturated carbocycles. The van der Waals surface area contributed by atoms with Gasteiger partial charge in [-0.15, -0.1) is 0 Å². The number of benzene rings is 1. The van der Waals surface area contributed by atoms with Crippen LogP contribution in [0, 0.1) is 0 Å². The van der Waals surface area contributed by atoms with Crippen molar-refractivity contribution in [1.82, 2.24) is 9.97 Å². The molecule has 0 saturated heterocycles. The molecule has 7 nitrogen and oxygen atoms in total. The predicted octanol–water partition coefficient (Wildman–Crippen LogP) is 2.19. The van der Waals surface area contributed by atoms with Crippen LogP contribution in [-0.2, 0) is 16.3 Å². The van der Waals surface area contributed by atoms with Crippen LogP contribution in [0.25, 0.3) is 0 Å². The molecule has 0 spiro atoms. The fourth-order valence-electron chi connectivity index (χ4n) is 1.90. The summed E-state index contributed by atoms with van der Waals surface area (Å²) in [6.07, 6.45) is 6.24. The normalized spacial score (nSPS) is 11.6. The van der Waals surface area contributed by atoms with Crippen LogP contribution in [0.15, 0.2) is 47.1 Å². The number of carbonyl (C=O) groups excluding carboxylic acids is 1. The second kappa shape index (κ2) is 8.13. The number of sulfone groups is 1. The molecule has 2 N–H and O–H groups in total. The Balaban J connectivity index is 2.25. The van der Waals surface area contributed by atoms with E-state index in [1.165, 1.54) is 18.0 Å². The summed E-state index contributed by atoms with van der Waals surface area (Å²) in [5.41, 5.74) is 6.25. The minimum Gasteiger partial charge on any atom is -0.438 e. The molecular formula is C16H17N3O4S2. The van der Waals surface area contributed by atoms with E-state index in [-0.39, 0.29) is 11.4 Å². The fourth-order valence-corrected chi connectivity index (χ4v) is 2.68. The molecule has 0 aliphatic rings. The Bertz CT molecular complexity index is 911. The smallest absolute Gasteiger partial charge is 0.255 e. The first-order valence-electron chi connectivity index (χ1n) is 7.12. The van der Waals surface area contributed by atoms with E-state index in [4.69, 9.17) is 10.5 Å². The van der Waals surface area contributed by atoms with E-state index in [1.807, 2.05) is 6.07 Å². The highest BCUT2D eigenvalue weighted by atomic mass is 32.2. The van der Waals surface area contributed by atoms with Crippen molar-refractivity contribution in [2.75, 3.05) is 12.5 Å². The molecule has 2 aromatic rings. The van der Waals surface area contributed by atoms with Crippen LogP contribution in [0.1, 0.15) is 15.9 Å². The molecule has 25 heavy (non-hydrogen) atoms. The lowest BCUT2D eigenvalue weighted by atomic mass is 10.1. The largest absolute Gasteiger partial charge is 0.438 e.